The number of anilines is 1. The van der Waals surface area contributed by atoms with Crippen LogP contribution in [0.4, 0.5) is 5.69 Å². The van der Waals surface area contributed by atoms with Crippen molar-refractivity contribution in [2.24, 2.45) is 0 Å². The van der Waals surface area contributed by atoms with E-state index < -0.39 is 0 Å². The van der Waals surface area contributed by atoms with E-state index in [9.17, 15) is 4.79 Å². The van der Waals surface area contributed by atoms with Crippen molar-refractivity contribution in [3.63, 3.8) is 0 Å². The molecule has 3 aromatic carbocycles. The van der Waals surface area contributed by atoms with Crippen LogP contribution >= 0.6 is 11.6 Å². The lowest BCUT2D eigenvalue weighted by Gasteiger charge is -2.08. The predicted molar refractivity (Wildman–Crippen MR) is 110 cm³/mol. The maximum Gasteiger partial charge on any atom is 0.255 e. The lowest BCUT2D eigenvalue weighted by atomic mass is 10.1. The van der Waals surface area contributed by atoms with Gasteiger partial charge in [0.05, 0.1) is 12.1 Å². The summed E-state index contributed by atoms with van der Waals surface area (Å²) < 4.78 is 11.0. The van der Waals surface area contributed by atoms with E-state index in [1.807, 2.05) is 43.3 Å². The third kappa shape index (κ3) is 3.57. The van der Waals surface area contributed by atoms with Crippen LogP contribution < -0.4 is 10.1 Å². The number of nitrogens with one attached hydrogen (secondary N) is 1. The van der Waals surface area contributed by atoms with Gasteiger partial charge in [-0.3, -0.25) is 4.79 Å². The summed E-state index contributed by atoms with van der Waals surface area (Å²) in [6.07, 6.45) is 0. The molecule has 0 unspecified atom stereocenters. The van der Waals surface area contributed by atoms with Gasteiger partial charge in [-0.15, -0.1) is 0 Å². The molecule has 0 saturated carbocycles. The minimum absolute atomic E-state index is 0.269. The first-order valence-corrected chi connectivity index (χ1v) is 9.04. The molecule has 1 amide bonds. The van der Waals surface area contributed by atoms with Crippen LogP contribution in [0.3, 0.4) is 0 Å². The molecule has 0 atom stereocenters. The second kappa shape index (κ2) is 7.37. The van der Waals surface area contributed by atoms with Gasteiger partial charge in [0, 0.05) is 16.8 Å². The largest absolute Gasteiger partial charge is 0.495 e. The van der Waals surface area contributed by atoms with E-state index in [0.29, 0.717) is 27.9 Å². The fraction of sp³-hybridized carbons (Fsp3) is 0.0909. The van der Waals surface area contributed by atoms with Gasteiger partial charge < -0.3 is 14.5 Å². The van der Waals surface area contributed by atoms with Crippen molar-refractivity contribution in [3.05, 3.63) is 76.8 Å². The molecule has 0 bridgehead atoms. The average Bonchev–Trinajstić information content (AvgIpc) is 3.11. The number of nitrogens with zero attached hydrogens (tertiary/aromatic N) is 1. The van der Waals surface area contributed by atoms with Crippen LogP contribution in [-0.2, 0) is 0 Å². The molecule has 0 saturated heterocycles. The number of halogens is 1. The van der Waals surface area contributed by atoms with E-state index in [1.54, 1.807) is 24.3 Å². The number of hydrogen-bond acceptors (Lipinski definition) is 4. The molecule has 0 aliphatic heterocycles. The van der Waals surface area contributed by atoms with Crippen molar-refractivity contribution in [1.29, 1.82) is 0 Å². The maximum atomic E-state index is 12.5. The minimum atomic E-state index is -0.269. The molecule has 6 heteroatoms. The van der Waals surface area contributed by atoms with Crippen LogP contribution in [0.15, 0.2) is 65.1 Å². The second-order valence-corrected chi connectivity index (χ2v) is 6.78. The van der Waals surface area contributed by atoms with Gasteiger partial charge in [0.15, 0.2) is 5.58 Å². The number of ether oxygens (including phenoxy) is 1. The lowest BCUT2D eigenvalue weighted by Crippen LogP contribution is -2.11. The van der Waals surface area contributed by atoms with Gasteiger partial charge in [-0.05, 0) is 61.0 Å². The number of oxazole rings is 1. The Labute approximate surface area is 166 Å². The summed E-state index contributed by atoms with van der Waals surface area (Å²) in [5.41, 5.74) is 4.48. The number of fused-ring (bicyclic) bond motifs is 1. The summed E-state index contributed by atoms with van der Waals surface area (Å²) in [7, 11) is 1.53. The molecule has 0 aliphatic carbocycles. The van der Waals surface area contributed by atoms with Gasteiger partial charge in [0.25, 0.3) is 5.91 Å². The number of benzene rings is 3. The molecule has 1 aromatic heterocycles. The number of aromatic nitrogens is 1. The number of carbonyl (C=O) groups excluding carboxylic acids is 1. The van der Waals surface area contributed by atoms with Crippen molar-refractivity contribution in [3.8, 4) is 17.2 Å². The van der Waals surface area contributed by atoms with Gasteiger partial charge >= 0.3 is 0 Å². The molecule has 4 aromatic rings. The number of aryl methyl sites for hydroxylation is 1. The quantitative estimate of drug-likeness (QED) is 0.482. The van der Waals surface area contributed by atoms with E-state index in [1.165, 1.54) is 7.11 Å². The zero-order valence-electron chi connectivity index (χ0n) is 15.3. The van der Waals surface area contributed by atoms with Gasteiger partial charge in [-0.25, -0.2) is 4.98 Å². The van der Waals surface area contributed by atoms with E-state index in [2.05, 4.69) is 10.3 Å². The van der Waals surface area contributed by atoms with Crippen molar-refractivity contribution >= 4 is 34.3 Å². The minimum Gasteiger partial charge on any atom is -0.495 e. The molecule has 5 nitrogen and oxygen atoms in total. The highest BCUT2D eigenvalue weighted by Crippen LogP contribution is 2.28. The van der Waals surface area contributed by atoms with Crippen LogP contribution in [0.2, 0.25) is 5.02 Å². The Morgan fingerprint density at radius 1 is 1.11 bits per heavy atom. The topological polar surface area (TPSA) is 64.4 Å². The Morgan fingerprint density at radius 3 is 2.75 bits per heavy atom. The second-order valence-electron chi connectivity index (χ2n) is 6.37. The van der Waals surface area contributed by atoms with Gasteiger partial charge in [0.2, 0.25) is 5.89 Å². The molecule has 0 fully saturated rings. The Bertz CT molecular complexity index is 1180. The molecule has 0 aliphatic rings. The summed E-state index contributed by atoms with van der Waals surface area (Å²) in [4.78, 5) is 17.1. The Hall–Kier alpha value is -3.31. The molecule has 0 spiro atoms. The third-order valence-electron chi connectivity index (χ3n) is 4.33. The van der Waals surface area contributed by atoms with Crippen molar-refractivity contribution in [1.82, 2.24) is 4.98 Å². The van der Waals surface area contributed by atoms with E-state index in [4.69, 9.17) is 20.8 Å². The van der Waals surface area contributed by atoms with Crippen LogP contribution in [0.5, 0.6) is 5.75 Å². The standard InChI is InChI=1S/C22H17ClN2O3/c1-13-6-8-18-20(10-13)28-22(25-18)15-4-3-5-16(11-15)24-21(26)14-7-9-19(27-2)17(23)12-14/h3-12H,1-2H3,(H,24,26). The zero-order valence-corrected chi connectivity index (χ0v) is 16.1. The Balaban J connectivity index is 1.59. The van der Waals surface area contributed by atoms with Crippen molar-refractivity contribution in [2.75, 3.05) is 12.4 Å². The summed E-state index contributed by atoms with van der Waals surface area (Å²) in [6.45, 7) is 2.00. The SMILES string of the molecule is COc1ccc(C(=O)Nc2cccc(-c3nc4ccc(C)cc4o3)c2)cc1Cl. The summed E-state index contributed by atoms with van der Waals surface area (Å²) in [6, 6.07) is 18.1. The van der Waals surface area contributed by atoms with E-state index in [-0.39, 0.29) is 5.91 Å². The fourth-order valence-electron chi connectivity index (χ4n) is 2.90. The molecule has 1 N–H and O–H groups in total. The molecule has 1 heterocycles. The first kappa shape index (κ1) is 18.1. The molecular formula is C22H17ClN2O3. The highest BCUT2D eigenvalue weighted by molar-refractivity contribution is 6.32. The van der Waals surface area contributed by atoms with Crippen LogP contribution in [0.25, 0.3) is 22.6 Å². The van der Waals surface area contributed by atoms with Crippen molar-refractivity contribution < 1.29 is 13.9 Å². The molecule has 28 heavy (non-hydrogen) atoms. The lowest BCUT2D eigenvalue weighted by molar-refractivity contribution is 0.102. The average molecular weight is 393 g/mol. The number of methoxy groups -OCH3 is 1. The molecule has 4 rings (SSSR count). The zero-order chi connectivity index (χ0) is 19.7. The van der Waals surface area contributed by atoms with E-state index >= 15 is 0 Å². The number of amides is 1. The molecular weight excluding hydrogens is 376 g/mol. The van der Waals surface area contributed by atoms with Gasteiger partial charge in [-0.2, -0.15) is 0 Å². The number of hydrogen-bond donors (Lipinski definition) is 1. The molecule has 0 radical (unpaired) electrons. The fourth-order valence-corrected chi connectivity index (χ4v) is 3.15. The van der Waals surface area contributed by atoms with E-state index in [0.717, 1.165) is 22.2 Å². The van der Waals surface area contributed by atoms with Crippen molar-refractivity contribution in [2.45, 2.75) is 6.92 Å². The number of carbonyl (C=O) groups is 1. The first-order valence-electron chi connectivity index (χ1n) is 8.66. The first-order chi connectivity index (χ1) is 13.5. The summed E-state index contributed by atoms with van der Waals surface area (Å²) in [5, 5.41) is 3.25. The highest BCUT2D eigenvalue weighted by Gasteiger charge is 2.12. The molecule has 140 valence electrons. The highest BCUT2D eigenvalue weighted by atomic mass is 35.5. The number of rotatable bonds is 4. The van der Waals surface area contributed by atoms with Crippen LogP contribution in [0, 0.1) is 6.92 Å². The normalized spacial score (nSPS) is 10.8. The smallest absolute Gasteiger partial charge is 0.255 e. The monoisotopic (exact) mass is 392 g/mol. The van der Waals surface area contributed by atoms with Crippen LogP contribution in [0.1, 0.15) is 15.9 Å². The van der Waals surface area contributed by atoms with Gasteiger partial charge in [-0.1, -0.05) is 23.7 Å². The summed E-state index contributed by atoms with van der Waals surface area (Å²) >= 11 is 6.11. The van der Waals surface area contributed by atoms with Gasteiger partial charge in [0.1, 0.15) is 11.3 Å². The predicted octanol–water partition coefficient (Wildman–Crippen LogP) is 5.72. The summed E-state index contributed by atoms with van der Waals surface area (Å²) in [5.74, 6) is 0.755. The van der Waals surface area contributed by atoms with Crippen LogP contribution in [-0.4, -0.2) is 18.0 Å². The third-order valence-corrected chi connectivity index (χ3v) is 4.62. The maximum absolute atomic E-state index is 12.5. The Kier molecular flexibility index (Phi) is 4.75. The Morgan fingerprint density at radius 2 is 1.96 bits per heavy atom.